The van der Waals surface area contributed by atoms with Crippen molar-refractivity contribution in [1.29, 1.82) is 0 Å². The minimum Gasteiger partial charge on any atom is -0.396 e. The SMILES string of the molecule is Cn1cc(C(=O)NCc2ccc(Cl)cc2)c(=O)c2cc(CCCO)ncc21. The van der Waals surface area contributed by atoms with Gasteiger partial charge < -0.3 is 15.0 Å². The second-order valence-corrected chi connectivity index (χ2v) is 6.75. The van der Waals surface area contributed by atoms with Crippen LogP contribution in [0.1, 0.15) is 28.0 Å². The lowest BCUT2D eigenvalue weighted by Gasteiger charge is -2.10. The summed E-state index contributed by atoms with van der Waals surface area (Å²) in [6.45, 7) is 0.361. The normalized spacial score (nSPS) is 10.9. The van der Waals surface area contributed by atoms with Crippen molar-refractivity contribution in [3.05, 3.63) is 74.8 Å². The summed E-state index contributed by atoms with van der Waals surface area (Å²) < 4.78 is 1.72. The molecule has 0 bridgehead atoms. The zero-order valence-corrected chi connectivity index (χ0v) is 15.7. The molecule has 0 spiro atoms. The third kappa shape index (κ3) is 4.35. The van der Waals surface area contributed by atoms with Gasteiger partial charge in [0.25, 0.3) is 5.91 Å². The summed E-state index contributed by atoms with van der Waals surface area (Å²) in [4.78, 5) is 29.7. The van der Waals surface area contributed by atoms with E-state index in [-0.39, 0.29) is 17.6 Å². The number of benzene rings is 1. The Morgan fingerprint density at radius 2 is 2.04 bits per heavy atom. The molecule has 0 atom stereocenters. The number of fused-ring (bicyclic) bond motifs is 1. The average Bonchev–Trinajstić information content (AvgIpc) is 2.68. The molecule has 6 nitrogen and oxygen atoms in total. The number of nitrogens with one attached hydrogen (secondary N) is 1. The van der Waals surface area contributed by atoms with Crippen LogP contribution in [0.15, 0.2) is 47.5 Å². The highest BCUT2D eigenvalue weighted by molar-refractivity contribution is 6.30. The molecule has 140 valence electrons. The Labute approximate surface area is 161 Å². The van der Waals surface area contributed by atoms with Crippen molar-refractivity contribution in [3.63, 3.8) is 0 Å². The number of hydrogen-bond acceptors (Lipinski definition) is 4. The van der Waals surface area contributed by atoms with Gasteiger partial charge in [-0.3, -0.25) is 14.6 Å². The number of nitrogens with zero attached hydrogens (tertiary/aromatic N) is 2. The van der Waals surface area contributed by atoms with Crippen LogP contribution in [-0.4, -0.2) is 27.2 Å². The van der Waals surface area contributed by atoms with Crippen LogP contribution in [0.25, 0.3) is 10.9 Å². The summed E-state index contributed by atoms with van der Waals surface area (Å²) >= 11 is 5.86. The summed E-state index contributed by atoms with van der Waals surface area (Å²) in [6, 6.07) is 8.84. The summed E-state index contributed by atoms with van der Waals surface area (Å²) in [7, 11) is 1.77. The van der Waals surface area contributed by atoms with Crippen LogP contribution in [0.5, 0.6) is 0 Å². The van der Waals surface area contributed by atoms with Crippen LogP contribution >= 0.6 is 11.6 Å². The van der Waals surface area contributed by atoms with Crippen molar-refractivity contribution in [2.24, 2.45) is 7.05 Å². The molecular formula is C20H20ClN3O3. The van der Waals surface area contributed by atoms with Gasteiger partial charge in [-0.05, 0) is 36.6 Å². The monoisotopic (exact) mass is 385 g/mol. The van der Waals surface area contributed by atoms with Crippen molar-refractivity contribution in [2.45, 2.75) is 19.4 Å². The predicted octanol–water partition coefficient (Wildman–Crippen LogP) is 2.44. The molecule has 2 N–H and O–H groups in total. The maximum atomic E-state index is 12.8. The Bertz CT molecular complexity index is 1030. The van der Waals surface area contributed by atoms with E-state index in [2.05, 4.69) is 10.3 Å². The predicted molar refractivity (Wildman–Crippen MR) is 105 cm³/mol. The quantitative estimate of drug-likeness (QED) is 0.682. The highest BCUT2D eigenvalue weighted by Crippen LogP contribution is 2.13. The van der Waals surface area contributed by atoms with Gasteiger partial charge in [0, 0.05) is 42.5 Å². The Morgan fingerprint density at radius 3 is 2.74 bits per heavy atom. The van der Waals surface area contributed by atoms with E-state index in [9.17, 15) is 9.59 Å². The van der Waals surface area contributed by atoms with E-state index >= 15 is 0 Å². The van der Waals surface area contributed by atoms with Gasteiger partial charge in [-0.15, -0.1) is 0 Å². The average molecular weight is 386 g/mol. The van der Waals surface area contributed by atoms with Gasteiger partial charge in [-0.2, -0.15) is 0 Å². The molecule has 0 unspecified atom stereocenters. The molecule has 2 aromatic heterocycles. The fourth-order valence-corrected chi connectivity index (χ4v) is 2.99. The lowest BCUT2D eigenvalue weighted by atomic mass is 10.1. The molecule has 3 rings (SSSR count). The lowest BCUT2D eigenvalue weighted by molar-refractivity contribution is 0.0949. The highest BCUT2D eigenvalue weighted by Gasteiger charge is 2.15. The summed E-state index contributed by atoms with van der Waals surface area (Å²) in [6.07, 6.45) is 4.29. The maximum absolute atomic E-state index is 12.8. The first kappa shape index (κ1) is 19.1. The van der Waals surface area contributed by atoms with Gasteiger partial charge >= 0.3 is 0 Å². The molecule has 0 saturated carbocycles. The summed E-state index contributed by atoms with van der Waals surface area (Å²) in [5, 5.41) is 12.8. The molecule has 3 aromatic rings. The van der Waals surface area contributed by atoms with E-state index in [0.717, 1.165) is 5.56 Å². The Balaban J connectivity index is 1.88. The van der Waals surface area contributed by atoms with Crippen LogP contribution < -0.4 is 10.7 Å². The molecule has 2 heterocycles. The van der Waals surface area contributed by atoms with Gasteiger partial charge in [0.2, 0.25) is 5.43 Å². The Hall–Kier alpha value is -2.70. The minimum atomic E-state index is -0.429. The standard InChI is InChI=1S/C20H20ClN3O3/c1-24-12-17(20(27)23-10-13-4-6-14(21)7-5-13)19(26)16-9-15(3-2-8-25)22-11-18(16)24/h4-7,9,11-12,25H,2-3,8,10H2,1H3,(H,23,27). The smallest absolute Gasteiger partial charge is 0.257 e. The number of halogens is 1. The van der Waals surface area contributed by atoms with E-state index in [1.807, 2.05) is 12.1 Å². The molecule has 27 heavy (non-hydrogen) atoms. The van der Waals surface area contributed by atoms with E-state index in [0.29, 0.717) is 41.0 Å². The van der Waals surface area contributed by atoms with Gasteiger partial charge in [-0.1, -0.05) is 23.7 Å². The number of pyridine rings is 2. The molecule has 0 saturated heterocycles. The fraction of sp³-hybridized carbons (Fsp3) is 0.250. The van der Waals surface area contributed by atoms with E-state index in [4.69, 9.17) is 16.7 Å². The van der Waals surface area contributed by atoms with E-state index in [1.54, 1.807) is 36.0 Å². The fourth-order valence-electron chi connectivity index (χ4n) is 2.86. The first-order chi connectivity index (χ1) is 13.0. The highest BCUT2D eigenvalue weighted by atomic mass is 35.5. The number of aryl methyl sites for hydroxylation is 2. The number of carbonyl (C=O) groups is 1. The minimum absolute atomic E-state index is 0.0604. The molecule has 0 aliphatic heterocycles. The molecule has 0 fully saturated rings. The number of carbonyl (C=O) groups excluding carboxylic acids is 1. The Morgan fingerprint density at radius 1 is 1.30 bits per heavy atom. The van der Waals surface area contributed by atoms with Gasteiger partial charge in [-0.25, -0.2) is 0 Å². The van der Waals surface area contributed by atoms with E-state index < -0.39 is 5.91 Å². The van der Waals surface area contributed by atoms with Crippen LogP contribution in [0.2, 0.25) is 5.02 Å². The van der Waals surface area contributed by atoms with Gasteiger partial charge in [0.1, 0.15) is 5.56 Å². The van der Waals surface area contributed by atoms with Crippen LogP contribution in [-0.2, 0) is 20.0 Å². The number of hydrogen-bond donors (Lipinski definition) is 2. The van der Waals surface area contributed by atoms with Crippen molar-refractivity contribution < 1.29 is 9.90 Å². The Kier molecular flexibility index (Phi) is 5.88. The molecule has 7 heteroatoms. The van der Waals surface area contributed by atoms with E-state index in [1.165, 1.54) is 6.20 Å². The van der Waals surface area contributed by atoms with Crippen molar-refractivity contribution in [3.8, 4) is 0 Å². The number of rotatable bonds is 6. The number of amides is 1. The van der Waals surface area contributed by atoms with Crippen LogP contribution in [0.3, 0.4) is 0 Å². The molecule has 1 amide bonds. The largest absolute Gasteiger partial charge is 0.396 e. The van der Waals surface area contributed by atoms with Crippen LogP contribution in [0.4, 0.5) is 0 Å². The zero-order chi connectivity index (χ0) is 19.4. The second-order valence-electron chi connectivity index (χ2n) is 6.31. The molecule has 0 aliphatic rings. The summed E-state index contributed by atoms with van der Waals surface area (Å²) in [5.41, 5.74) is 2.01. The number of aliphatic hydroxyl groups excluding tert-OH is 1. The number of aromatic nitrogens is 2. The third-order valence-electron chi connectivity index (χ3n) is 4.33. The zero-order valence-electron chi connectivity index (χ0n) is 14.9. The topological polar surface area (TPSA) is 84.2 Å². The molecular weight excluding hydrogens is 366 g/mol. The first-order valence-corrected chi connectivity index (χ1v) is 8.99. The third-order valence-corrected chi connectivity index (χ3v) is 4.59. The summed E-state index contributed by atoms with van der Waals surface area (Å²) in [5.74, 6) is -0.429. The van der Waals surface area contributed by atoms with Crippen molar-refractivity contribution >= 4 is 28.4 Å². The first-order valence-electron chi connectivity index (χ1n) is 8.61. The second kappa shape index (κ2) is 8.33. The van der Waals surface area contributed by atoms with Gasteiger partial charge in [0.05, 0.1) is 11.7 Å². The van der Waals surface area contributed by atoms with Crippen molar-refractivity contribution in [2.75, 3.05) is 6.61 Å². The van der Waals surface area contributed by atoms with Crippen molar-refractivity contribution in [1.82, 2.24) is 14.9 Å². The lowest BCUT2D eigenvalue weighted by Crippen LogP contribution is -2.29. The number of aliphatic hydroxyl groups is 1. The van der Waals surface area contributed by atoms with Crippen LogP contribution in [0, 0.1) is 0 Å². The molecule has 0 aliphatic carbocycles. The maximum Gasteiger partial charge on any atom is 0.257 e. The molecule has 1 aromatic carbocycles. The molecule has 0 radical (unpaired) electrons. The van der Waals surface area contributed by atoms with Gasteiger partial charge in [0.15, 0.2) is 0 Å².